The number of imidazole rings is 1. The predicted octanol–water partition coefficient (Wildman–Crippen LogP) is 6.33. The third-order valence-electron chi connectivity index (χ3n) is 4.71. The predicted molar refractivity (Wildman–Crippen MR) is 121 cm³/mol. The van der Waals surface area contributed by atoms with Crippen molar-refractivity contribution in [2.24, 2.45) is 0 Å². The molecule has 9 heteroatoms. The molecule has 0 saturated heterocycles. The molecule has 0 unspecified atom stereocenters. The number of aryl methyl sites for hydroxylation is 1. The van der Waals surface area contributed by atoms with Crippen LogP contribution in [0.3, 0.4) is 0 Å². The Morgan fingerprint density at radius 1 is 0.970 bits per heavy atom. The molecule has 0 aliphatic heterocycles. The van der Waals surface area contributed by atoms with E-state index in [1.165, 1.54) is 28.8 Å². The molecule has 0 aliphatic rings. The fourth-order valence-electron chi connectivity index (χ4n) is 3.36. The van der Waals surface area contributed by atoms with E-state index in [1.807, 2.05) is 0 Å². The Labute approximate surface area is 189 Å². The van der Waals surface area contributed by atoms with Crippen LogP contribution in [0.5, 0.6) is 11.5 Å². The van der Waals surface area contributed by atoms with Gasteiger partial charge in [0.15, 0.2) is 9.84 Å². The molecule has 0 fully saturated rings. The lowest BCUT2D eigenvalue weighted by molar-refractivity contribution is -0.136. The molecule has 0 atom stereocenters. The summed E-state index contributed by atoms with van der Waals surface area (Å²) in [5, 5.41) is 0. The summed E-state index contributed by atoms with van der Waals surface area (Å²) in [7, 11) is -3.39. The van der Waals surface area contributed by atoms with E-state index in [4.69, 9.17) is 4.74 Å². The molecule has 0 spiro atoms. The molecule has 0 aliphatic carbocycles. The second-order valence-corrected chi connectivity index (χ2v) is 9.05. The summed E-state index contributed by atoms with van der Waals surface area (Å²) in [6, 6.07) is 15.2. The van der Waals surface area contributed by atoms with Gasteiger partial charge in [-0.15, -0.1) is 13.2 Å². The Bertz CT molecular complexity index is 1410. The highest BCUT2D eigenvalue weighted by molar-refractivity contribution is 7.90. The van der Waals surface area contributed by atoms with Crippen molar-refractivity contribution < 1.29 is 26.3 Å². The van der Waals surface area contributed by atoms with Gasteiger partial charge in [0.25, 0.3) is 0 Å². The SMILES string of the molecule is C=C.Cc1nc2c(C(F)(F)F)cccn2c1-c1cccc(Oc2cccc(S(C)(=O)=O)c2)c1. The second kappa shape index (κ2) is 9.11. The topological polar surface area (TPSA) is 60.7 Å². The van der Waals surface area contributed by atoms with E-state index in [1.54, 1.807) is 43.3 Å². The van der Waals surface area contributed by atoms with Crippen molar-refractivity contribution in [1.29, 1.82) is 0 Å². The van der Waals surface area contributed by atoms with Crippen molar-refractivity contribution in [3.8, 4) is 22.8 Å². The zero-order valence-electron chi connectivity index (χ0n) is 17.9. The normalized spacial score (nSPS) is 11.7. The first kappa shape index (κ1) is 24.1. The highest BCUT2D eigenvalue weighted by Gasteiger charge is 2.34. The fraction of sp³-hybridized carbons (Fsp3) is 0.125. The Kier molecular flexibility index (Phi) is 6.64. The maximum Gasteiger partial charge on any atom is 0.419 e. The average molecular weight is 475 g/mol. The number of benzene rings is 2. The summed E-state index contributed by atoms with van der Waals surface area (Å²) in [6.07, 6.45) is -1.88. The molecule has 33 heavy (non-hydrogen) atoms. The van der Waals surface area contributed by atoms with Crippen molar-refractivity contribution in [2.75, 3.05) is 6.26 Å². The van der Waals surface area contributed by atoms with Gasteiger partial charge in [0, 0.05) is 18.0 Å². The molecule has 4 aromatic rings. The Hall–Kier alpha value is -3.59. The molecule has 5 nitrogen and oxygen atoms in total. The average Bonchev–Trinajstić information content (AvgIpc) is 3.10. The monoisotopic (exact) mass is 474 g/mol. The van der Waals surface area contributed by atoms with E-state index in [0.29, 0.717) is 28.5 Å². The maximum absolute atomic E-state index is 13.4. The quantitative estimate of drug-likeness (QED) is 0.325. The molecular weight excluding hydrogens is 453 g/mol. The van der Waals surface area contributed by atoms with Crippen LogP contribution in [0.15, 0.2) is 84.9 Å². The molecule has 0 bridgehead atoms. The summed E-state index contributed by atoms with van der Waals surface area (Å²) in [4.78, 5) is 4.27. The van der Waals surface area contributed by atoms with Crippen LogP contribution in [-0.4, -0.2) is 24.1 Å². The van der Waals surface area contributed by atoms with Gasteiger partial charge in [-0.1, -0.05) is 18.2 Å². The summed E-state index contributed by atoms with van der Waals surface area (Å²) < 4.78 is 70.8. The molecule has 0 radical (unpaired) electrons. The maximum atomic E-state index is 13.4. The minimum Gasteiger partial charge on any atom is -0.457 e. The number of sulfone groups is 1. The highest BCUT2D eigenvalue weighted by atomic mass is 32.2. The first-order valence-corrected chi connectivity index (χ1v) is 11.6. The van der Waals surface area contributed by atoms with Gasteiger partial charge in [-0.05, 0) is 49.4 Å². The van der Waals surface area contributed by atoms with Crippen LogP contribution in [0.2, 0.25) is 0 Å². The van der Waals surface area contributed by atoms with Crippen molar-refractivity contribution >= 4 is 15.5 Å². The number of hydrogen-bond donors (Lipinski definition) is 0. The van der Waals surface area contributed by atoms with Gasteiger partial charge >= 0.3 is 6.18 Å². The first-order valence-electron chi connectivity index (χ1n) is 9.67. The molecule has 0 saturated carbocycles. The number of alkyl halides is 3. The van der Waals surface area contributed by atoms with Crippen LogP contribution >= 0.6 is 0 Å². The number of fused-ring (bicyclic) bond motifs is 1. The number of ether oxygens (including phenoxy) is 1. The Morgan fingerprint density at radius 3 is 2.24 bits per heavy atom. The minimum atomic E-state index is -4.52. The molecule has 4 rings (SSSR count). The van der Waals surface area contributed by atoms with Gasteiger partial charge in [-0.2, -0.15) is 13.2 Å². The lowest BCUT2D eigenvalue weighted by Crippen LogP contribution is -2.07. The molecule has 172 valence electrons. The van der Waals surface area contributed by atoms with Gasteiger partial charge in [0.2, 0.25) is 0 Å². The summed E-state index contributed by atoms with van der Waals surface area (Å²) >= 11 is 0. The summed E-state index contributed by atoms with van der Waals surface area (Å²) in [5.74, 6) is 0.735. The fourth-order valence-corrected chi connectivity index (χ4v) is 4.02. The zero-order chi connectivity index (χ0) is 24.4. The zero-order valence-corrected chi connectivity index (χ0v) is 18.7. The van der Waals surface area contributed by atoms with Crippen molar-refractivity contribution in [3.63, 3.8) is 0 Å². The molecule has 0 N–H and O–H groups in total. The number of halogens is 3. The first-order chi connectivity index (χ1) is 15.5. The van der Waals surface area contributed by atoms with Crippen LogP contribution in [-0.2, 0) is 16.0 Å². The highest BCUT2D eigenvalue weighted by Crippen LogP contribution is 2.36. The molecule has 0 amide bonds. The molecule has 2 aromatic heterocycles. The van der Waals surface area contributed by atoms with E-state index < -0.39 is 21.6 Å². The van der Waals surface area contributed by atoms with Crippen molar-refractivity contribution in [1.82, 2.24) is 9.38 Å². The van der Waals surface area contributed by atoms with Crippen molar-refractivity contribution in [2.45, 2.75) is 18.0 Å². The lowest BCUT2D eigenvalue weighted by atomic mass is 10.1. The van der Waals surface area contributed by atoms with Crippen molar-refractivity contribution in [3.05, 3.63) is 91.3 Å². The lowest BCUT2D eigenvalue weighted by Gasteiger charge is -2.11. The smallest absolute Gasteiger partial charge is 0.419 e. The van der Waals surface area contributed by atoms with Gasteiger partial charge in [0.1, 0.15) is 17.1 Å². The molecular formula is C24H21F3N2O3S. The van der Waals surface area contributed by atoms with Gasteiger partial charge in [-0.3, -0.25) is 4.40 Å². The van der Waals surface area contributed by atoms with Crippen LogP contribution < -0.4 is 4.74 Å². The van der Waals surface area contributed by atoms with Crippen LogP contribution in [0.1, 0.15) is 11.3 Å². The Balaban J connectivity index is 0.00000149. The standard InChI is InChI=1S/C22H17F3N2O3S.C2H4/c1-14-20(27-11-5-10-19(21(27)26-14)22(23,24)25)15-6-3-7-16(12-15)30-17-8-4-9-18(13-17)31(2,28)29;1-2/h3-13H,1-2H3;1-2H2. The van der Waals surface area contributed by atoms with Crippen LogP contribution in [0, 0.1) is 6.92 Å². The van der Waals surface area contributed by atoms with Gasteiger partial charge < -0.3 is 4.74 Å². The van der Waals surface area contributed by atoms with E-state index in [0.717, 1.165) is 12.3 Å². The van der Waals surface area contributed by atoms with E-state index in [9.17, 15) is 21.6 Å². The number of hydrogen-bond acceptors (Lipinski definition) is 4. The molecule has 2 aromatic carbocycles. The third kappa shape index (κ3) is 5.09. The minimum absolute atomic E-state index is 0.124. The second-order valence-electron chi connectivity index (χ2n) is 7.04. The van der Waals surface area contributed by atoms with Gasteiger partial charge in [0.05, 0.1) is 21.8 Å². The number of rotatable bonds is 4. The van der Waals surface area contributed by atoms with Gasteiger partial charge in [-0.25, -0.2) is 13.4 Å². The van der Waals surface area contributed by atoms with Crippen LogP contribution in [0.25, 0.3) is 16.9 Å². The van der Waals surface area contributed by atoms with E-state index in [-0.39, 0.29) is 10.5 Å². The number of aromatic nitrogens is 2. The summed E-state index contributed by atoms with van der Waals surface area (Å²) in [5.41, 5.74) is 0.578. The number of nitrogens with zero attached hydrogens (tertiary/aromatic N) is 2. The largest absolute Gasteiger partial charge is 0.457 e. The van der Waals surface area contributed by atoms with Crippen LogP contribution in [0.4, 0.5) is 13.2 Å². The Morgan fingerprint density at radius 2 is 1.61 bits per heavy atom. The molecule has 2 heterocycles. The van der Waals surface area contributed by atoms with E-state index in [2.05, 4.69) is 18.1 Å². The third-order valence-corrected chi connectivity index (χ3v) is 5.82. The van der Waals surface area contributed by atoms with E-state index >= 15 is 0 Å². The summed E-state index contributed by atoms with van der Waals surface area (Å²) in [6.45, 7) is 7.64. The number of pyridine rings is 1.